The van der Waals surface area contributed by atoms with Crippen LogP contribution >= 0.6 is 15.9 Å². The summed E-state index contributed by atoms with van der Waals surface area (Å²) < 4.78 is 12.0. The summed E-state index contributed by atoms with van der Waals surface area (Å²) in [4.78, 5) is 48.6. The highest BCUT2D eigenvalue weighted by molar-refractivity contribution is 9.09. The van der Waals surface area contributed by atoms with Crippen LogP contribution < -0.4 is 0 Å². The number of likely N-dealkylation sites (tertiary alicyclic amines) is 1. The average molecular weight is 584 g/mol. The minimum Gasteiger partial charge on any atom is -0.396 e. The predicted octanol–water partition coefficient (Wildman–Crippen LogP) is 0.108. The molecule has 4 aliphatic rings. The molecule has 4 rings (SSSR count). The van der Waals surface area contributed by atoms with Crippen LogP contribution in [-0.2, 0) is 23.9 Å². The summed E-state index contributed by atoms with van der Waals surface area (Å²) in [7, 11) is 1.69. The first-order chi connectivity index (χ1) is 17.8. The zero-order valence-corrected chi connectivity index (χ0v) is 23.2. The lowest BCUT2D eigenvalue weighted by atomic mass is 9.70. The minimum atomic E-state index is -1.10. The third kappa shape index (κ3) is 5.13. The first-order valence-corrected chi connectivity index (χ1v) is 14.0. The molecule has 4 fully saturated rings. The van der Waals surface area contributed by atoms with Gasteiger partial charge in [0, 0.05) is 64.3 Å². The number of ether oxygens (including phenoxy) is 2. The maximum atomic E-state index is 14.2. The lowest BCUT2D eigenvalue weighted by Gasteiger charge is -2.38. The van der Waals surface area contributed by atoms with Gasteiger partial charge in [0.05, 0.1) is 31.2 Å². The summed E-state index contributed by atoms with van der Waals surface area (Å²) in [5.74, 6) is -2.06. The van der Waals surface area contributed by atoms with Crippen molar-refractivity contribution in [2.75, 3.05) is 72.7 Å². The van der Waals surface area contributed by atoms with Crippen LogP contribution in [0.1, 0.15) is 12.8 Å². The van der Waals surface area contributed by atoms with Gasteiger partial charge < -0.3 is 29.3 Å². The van der Waals surface area contributed by atoms with Crippen molar-refractivity contribution in [2.24, 2.45) is 11.8 Å². The number of nitrogens with zero attached hydrogens (tertiary/aromatic N) is 4. The average Bonchev–Trinajstić information content (AvgIpc) is 3.48. The van der Waals surface area contributed by atoms with E-state index in [1.54, 1.807) is 33.9 Å². The number of fused-ring (bicyclic) bond motifs is 1. The maximum Gasteiger partial charge on any atom is 0.248 e. The molecule has 1 N–H and O–H groups in total. The molecule has 0 aromatic carbocycles. The number of alkyl halides is 1. The van der Waals surface area contributed by atoms with E-state index in [1.165, 1.54) is 0 Å². The molecule has 0 radical (unpaired) electrons. The van der Waals surface area contributed by atoms with E-state index < -0.39 is 29.6 Å². The van der Waals surface area contributed by atoms with Crippen molar-refractivity contribution in [1.29, 1.82) is 0 Å². The topological polar surface area (TPSA) is 103 Å². The second kappa shape index (κ2) is 11.9. The van der Waals surface area contributed by atoms with Gasteiger partial charge in [-0.05, 0) is 12.8 Å². The zero-order chi connectivity index (χ0) is 26.7. The van der Waals surface area contributed by atoms with Crippen LogP contribution in [0, 0.1) is 11.8 Å². The van der Waals surface area contributed by atoms with Gasteiger partial charge >= 0.3 is 0 Å². The van der Waals surface area contributed by atoms with E-state index >= 15 is 0 Å². The molecule has 4 aliphatic heterocycles. The third-order valence-corrected chi connectivity index (χ3v) is 8.94. The number of carbonyl (C=O) groups is 3. The van der Waals surface area contributed by atoms with Gasteiger partial charge in [0.15, 0.2) is 0 Å². The number of carbonyl (C=O) groups excluding carboxylic acids is 3. The van der Waals surface area contributed by atoms with Crippen LogP contribution in [0.5, 0.6) is 0 Å². The molecule has 37 heavy (non-hydrogen) atoms. The first-order valence-electron chi connectivity index (χ1n) is 13.1. The van der Waals surface area contributed by atoms with Gasteiger partial charge in [-0.1, -0.05) is 28.1 Å². The van der Waals surface area contributed by atoms with E-state index in [2.05, 4.69) is 34.0 Å². The molecule has 3 amide bonds. The van der Waals surface area contributed by atoms with E-state index in [4.69, 9.17) is 9.47 Å². The fourth-order valence-electron chi connectivity index (χ4n) is 6.42. The fourth-order valence-corrected chi connectivity index (χ4v) is 7.36. The van der Waals surface area contributed by atoms with Crippen LogP contribution in [0.3, 0.4) is 0 Å². The highest BCUT2D eigenvalue weighted by Crippen LogP contribution is 2.60. The maximum absolute atomic E-state index is 14.2. The van der Waals surface area contributed by atoms with Crippen molar-refractivity contribution in [3.05, 3.63) is 25.3 Å². The van der Waals surface area contributed by atoms with Crippen molar-refractivity contribution in [3.63, 3.8) is 0 Å². The predicted molar refractivity (Wildman–Crippen MR) is 141 cm³/mol. The molecule has 10 nitrogen and oxygen atoms in total. The normalized spacial score (nSPS) is 32.9. The summed E-state index contributed by atoms with van der Waals surface area (Å²) >= 11 is 3.70. The van der Waals surface area contributed by atoms with Crippen molar-refractivity contribution in [1.82, 2.24) is 19.6 Å². The molecule has 0 aromatic heterocycles. The Hall–Kier alpha value is -1.79. The molecule has 6 atom stereocenters. The molecule has 2 bridgehead atoms. The van der Waals surface area contributed by atoms with Crippen LogP contribution in [0.25, 0.3) is 0 Å². The van der Waals surface area contributed by atoms with Crippen molar-refractivity contribution >= 4 is 33.7 Å². The van der Waals surface area contributed by atoms with E-state index in [0.29, 0.717) is 52.2 Å². The SMILES string of the molecule is C=CCN(C)C(=O)[C@H]1[C@@H]2OC3(CC2Br)C(C(=O)N(CC=C)CCN2CCOCC2)N(CCCO)C(=O)[C@H]13. The number of hydrogen-bond acceptors (Lipinski definition) is 7. The van der Waals surface area contributed by atoms with Gasteiger partial charge in [-0.15, -0.1) is 13.2 Å². The van der Waals surface area contributed by atoms with Crippen LogP contribution in [0.4, 0.5) is 0 Å². The van der Waals surface area contributed by atoms with Crippen molar-refractivity contribution in [3.8, 4) is 0 Å². The molecule has 4 saturated heterocycles. The second-order valence-corrected chi connectivity index (χ2v) is 11.5. The lowest BCUT2D eigenvalue weighted by molar-refractivity contribution is -0.148. The number of aliphatic hydroxyl groups excluding tert-OH is 1. The number of hydrogen-bond donors (Lipinski definition) is 1. The number of amides is 3. The molecule has 1 spiro atoms. The Morgan fingerprint density at radius 3 is 2.54 bits per heavy atom. The summed E-state index contributed by atoms with van der Waals surface area (Å²) in [6.45, 7) is 12.5. The van der Waals surface area contributed by atoms with Crippen LogP contribution in [0.15, 0.2) is 25.3 Å². The quantitative estimate of drug-likeness (QED) is 0.257. The van der Waals surface area contributed by atoms with E-state index in [9.17, 15) is 19.5 Å². The summed E-state index contributed by atoms with van der Waals surface area (Å²) in [6, 6.07) is -0.867. The molecule has 3 unspecified atom stereocenters. The molecule has 206 valence electrons. The minimum absolute atomic E-state index is 0.106. The highest BCUT2D eigenvalue weighted by Gasteiger charge is 2.76. The fraction of sp³-hybridized carbons (Fsp3) is 0.731. The highest BCUT2D eigenvalue weighted by atomic mass is 79.9. The number of morpholine rings is 1. The summed E-state index contributed by atoms with van der Waals surface area (Å²) in [5, 5.41) is 9.54. The molecule has 0 aliphatic carbocycles. The van der Waals surface area contributed by atoms with Crippen molar-refractivity contribution in [2.45, 2.75) is 35.4 Å². The molecule has 11 heteroatoms. The number of halogens is 1. The Morgan fingerprint density at radius 2 is 1.89 bits per heavy atom. The summed E-state index contributed by atoms with van der Waals surface area (Å²) in [6.07, 6.45) is 3.64. The van der Waals surface area contributed by atoms with E-state index in [1.807, 2.05) is 0 Å². The Kier molecular flexibility index (Phi) is 9.11. The Balaban J connectivity index is 1.65. The standard InChI is InChI=1S/C26H39BrN4O6/c1-4-7-28(3)23(33)19-20-24(34)31(9-6-14-32)22(26(20)17-18(27)21(19)37-26)25(35)30(8-5-2)11-10-29-12-15-36-16-13-29/h4-5,18-22,32H,1-2,6-17H2,3H3/t18?,19-,20+,21-,22?,26?/m1/s1. The van der Waals surface area contributed by atoms with Crippen LogP contribution in [0.2, 0.25) is 0 Å². The van der Waals surface area contributed by atoms with Gasteiger partial charge in [0.2, 0.25) is 17.7 Å². The van der Waals surface area contributed by atoms with Crippen molar-refractivity contribution < 1.29 is 29.0 Å². The molecule has 0 aromatic rings. The number of rotatable bonds is 12. The van der Waals surface area contributed by atoms with Gasteiger partial charge in [-0.25, -0.2) is 0 Å². The van der Waals surface area contributed by atoms with E-state index in [-0.39, 0.29) is 35.7 Å². The first kappa shape index (κ1) is 28.2. The molecule has 4 heterocycles. The van der Waals surface area contributed by atoms with Crippen LogP contribution in [-0.4, -0.2) is 138 Å². The third-order valence-electron chi connectivity index (χ3n) is 8.10. The van der Waals surface area contributed by atoms with Gasteiger partial charge in [-0.2, -0.15) is 0 Å². The monoisotopic (exact) mass is 582 g/mol. The number of likely N-dealkylation sites (N-methyl/N-ethyl adjacent to an activating group) is 1. The second-order valence-electron chi connectivity index (χ2n) is 10.3. The summed E-state index contributed by atoms with van der Waals surface area (Å²) in [5.41, 5.74) is -1.10. The van der Waals surface area contributed by atoms with Gasteiger partial charge in [0.1, 0.15) is 11.6 Å². The largest absolute Gasteiger partial charge is 0.396 e. The van der Waals surface area contributed by atoms with E-state index in [0.717, 1.165) is 13.1 Å². The lowest BCUT2D eigenvalue weighted by Crippen LogP contribution is -2.58. The number of aliphatic hydroxyl groups is 1. The molecule has 0 saturated carbocycles. The zero-order valence-electron chi connectivity index (χ0n) is 21.6. The van der Waals surface area contributed by atoms with Gasteiger partial charge in [-0.3, -0.25) is 19.3 Å². The Bertz CT molecular complexity index is 898. The van der Waals surface area contributed by atoms with Gasteiger partial charge in [0.25, 0.3) is 0 Å². The Labute approximate surface area is 227 Å². The molecular formula is C26H39BrN4O6. The molecular weight excluding hydrogens is 544 g/mol. The Morgan fingerprint density at radius 1 is 1.19 bits per heavy atom. The smallest absolute Gasteiger partial charge is 0.248 e.